The molecular formula is C22H22ClN3O2. The van der Waals surface area contributed by atoms with Gasteiger partial charge >= 0.3 is 6.09 Å². The fourth-order valence-electron chi connectivity index (χ4n) is 3.80. The predicted octanol–water partition coefficient (Wildman–Crippen LogP) is 4.64. The van der Waals surface area contributed by atoms with Crippen molar-refractivity contribution in [3.05, 3.63) is 75.9 Å². The third-order valence-electron chi connectivity index (χ3n) is 5.35. The molecule has 1 aliphatic rings. The number of aromatic nitrogens is 2. The molecule has 5 nitrogen and oxygen atoms in total. The van der Waals surface area contributed by atoms with Crippen molar-refractivity contribution >= 4 is 17.7 Å². The van der Waals surface area contributed by atoms with Crippen LogP contribution in [0.1, 0.15) is 22.4 Å². The molecule has 0 aliphatic carbocycles. The molecule has 1 N–H and O–H groups in total. The maximum Gasteiger partial charge on any atom is 0.407 e. The predicted molar refractivity (Wildman–Crippen MR) is 110 cm³/mol. The van der Waals surface area contributed by atoms with Crippen molar-refractivity contribution in [3.63, 3.8) is 0 Å². The zero-order chi connectivity index (χ0) is 19.7. The number of carbonyl (C=O) groups is 1. The van der Waals surface area contributed by atoms with E-state index in [0.29, 0.717) is 37.5 Å². The first-order valence-electron chi connectivity index (χ1n) is 9.40. The molecule has 1 aromatic heterocycles. The van der Waals surface area contributed by atoms with Gasteiger partial charge in [-0.3, -0.25) is 4.68 Å². The van der Waals surface area contributed by atoms with E-state index in [1.807, 2.05) is 36.4 Å². The Morgan fingerprint density at radius 3 is 2.54 bits per heavy atom. The van der Waals surface area contributed by atoms with Gasteiger partial charge < -0.3 is 10.0 Å². The highest BCUT2D eigenvalue weighted by Gasteiger charge is 2.25. The molecule has 0 fully saturated rings. The normalized spacial score (nSPS) is 13.9. The molecule has 0 spiro atoms. The largest absolute Gasteiger partial charge is 0.465 e. The van der Waals surface area contributed by atoms with E-state index < -0.39 is 6.09 Å². The Morgan fingerprint density at radius 1 is 1.11 bits per heavy atom. The first-order valence-corrected chi connectivity index (χ1v) is 9.77. The third-order valence-corrected chi connectivity index (χ3v) is 5.61. The molecule has 1 aliphatic heterocycles. The summed E-state index contributed by atoms with van der Waals surface area (Å²) in [5.74, 6) is 0. The van der Waals surface area contributed by atoms with Gasteiger partial charge in [0, 0.05) is 35.7 Å². The molecule has 0 saturated carbocycles. The topological polar surface area (TPSA) is 58.4 Å². The van der Waals surface area contributed by atoms with E-state index >= 15 is 0 Å². The second-order valence-electron chi connectivity index (χ2n) is 7.13. The van der Waals surface area contributed by atoms with Gasteiger partial charge in [-0.1, -0.05) is 48.0 Å². The van der Waals surface area contributed by atoms with Crippen LogP contribution in [0.4, 0.5) is 4.79 Å². The Hall–Kier alpha value is -2.79. The summed E-state index contributed by atoms with van der Waals surface area (Å²) in [5.41, 5.74) is 6.69. The van der Waals surface area contributed by atoms with Crippen molar-refractivity contribution in [2.45, 2.75) is 26.3 Å². The van der Waals surface area contributed by atoms with Crippen molar-refractivity contribution < 1.29 is 9.90 Å². The fourth-order valence-corrected chi connectivity index (χ4v) is 3.92. The molecule has 0 unspecified atom stereocenters. The minimum absolute atomic E-state index is 0.476. The number of rotatable bonds is 3. The maximum atomic E-state index is 11.4. The lowest BCUT2D eigenvalue weighted by molar-refractivity contribution is 0.147. The lowest BCUT2D eigenvalue weighted by Crippen LogP contribution is -2.31. The average Bonchev–Trinajstić information content (AvgIpc) is 2.87. The van der Waals surface area contributed by atoms with Crippen LogP contribution in [0.25, 0.3) is 11.3 Å². The van der Waals surface area contributed by atoms with Gasteiger partial charge in [0.2, 0.25) is 0 Å². The molecule has 4 rings (SSSR count). The second-order valence-corrected chi connectivity index (χ2v) is 7.57. The van der Waals surface area contributed by atoms with Crippen LogP contribution in [0.15, 0.2) is 48.5 Å². The molecule has 0 bridgehead atoms. The van der Waals surface area contributed by atoms with Gasteiger partial charge in [-0.05, 0) is 36.6 Å². The quantitative estimate of drug-likeness (QED) is 0.702. The van der Waals surface area contributed by atoms with Crippen LogP contribution >= 0.6 is 11.6 Å². The smallest absolute Gasteiger partial charge is 0.407 e. The Labute approximate surface area is 169 Å². The van der Waals surface area contributed by atoms with Crippen LogP contribution in [-0.2, 0) is 19.4 Å². The molecule has 0 radical (unpaired) electrons. The number of carboxylic acid groups (broad SMARTS) is 1. The first-order chi connectivity index (χ1) is 13.5. The van der Waals surface area contributed by atoms with Crippen LogP contribution in [0, 0.1) is 6.92 Å². The molecular weight excluding hydrogens is 374 g/mol. The van der Waals surface area contributed by atoms with E-state index in [1.54, 1.807) is 0 Å². The molecule has 28 heavy (non-hydrogen) atoms. The average molecular weight is 396 g/mol. The van der Waals surface area contributed by atoms with Gasteiger partial charge in [0.25, 0.3) is 0 Å². The van der Waals surface area contributed by atoms with Gasteiger partial charge in [-0.2, -0.15) is 5.10 Å². The van der Waals surface area contributed by atoms with E-state index in [4.69, 9.17) is 16.7 Å². The van der Waals surface area contributed by atoms with Crippen LogP contribution in [-0.4, -0.2) is 39.0 Å². The molecule has 6 heteroatoms. The minimum Gasteiger partial charge on any atom is -0.465 e. The number of aryl methyl sites for hydroxylation is 1. The Morgan fingerprint density at radius 2 is 1.82 bits per heavy atom. The number of nitrogens with zero attached hydrogens (tertiary/aromatic N) is 3. The van der Waals surface area contributed by atoms with Gasteiger partial charge in [0.1, 0.15) is 0 Å². The number of benzene rings is 2. The first kappa shape index (κ1) is 18.6. The van der Waals surface area contributed by atoms with Crippen molar-refractivity contribution in [2.24, 2.45) is 0 Å². The van der Waals surface area contributed by atoms with Gasteiger partial charge in [0.15, 0.2) is 0 Å². The number of amides is 1. The van der Waals surface area contributed by atoms with Crippen molar-refractivity contribution in [3.8, 4) is 11.3 Å². The van der Waals surface area contributed by atoms with E-state index in [9.17, 15) is 9.90 Å². The Balaban J connectivity index is 1.78. The van der Waals surface area contributed by atoms with E-state index in [0.717, 1.165) is 22.5 Å². The minimum atomic E-state index is -0.869. The zero-order valence-electron chi connectivity index (χ0n) is 15.7. The van der Waals surface area contributed by atoms with Crippen LogP contribution in [0.2, 0.25) is 5.02 Å². The summed E-state index contributed by atoms with van der Waals surface area (Å²) >= 11 is 6.09. The Kier molecular flexibility index (Phi) is 5.09. The summed E-state index contributed by atoms with van der Waals surface area (Å²) in [5, 5.41) is 15.0. The molecule has 2 heterocycles. The molecule has 1 amide bonds. The number of hydrogen-bond donors (Lipinski definition) is 1. The highest BCUT2D eigenvalue weighted by Crippen LogP contribution is 2.31. The number of halogens is 1. The monoisotopic (exact) mass is 395 g/mol. The van der Waals surface area contributed by atoms with Crippen molar-refractivity contribution in [2.75, 3.05) is 13.1 Å². The van der Waals surface area contributed by atoms with Crippen LogP contribution < -0.4 is 0 Å². The van der Waals surface area contributed by atoms with Crippen molar-refractivity contribution in [1.82, 2.24) is 14.7 Å². The van der Waals surface area contributed by atoms with Crippen LogP contribution in [0.3, 0.4) is 0 Å². The third kappa shape index (κ3) is 3.62. The molecule has 0 atom stereocenters. The molecule has 144 valence electrons. The molecule has 3 aromatic rings. The standard InChI is InChI=1S/C22H22ClN3O2/c1-15-4-2-3-5-17(15)14-26-21(16-6-8-18(23)9-7-16)19-10-12-25(22(27)28)13-11-20(19)24-26/h2-9H,10-14H2,1H3,(H,27,28). The van der Waals surface area contributed by atoms with Crippen molar-refractivity contribution in [1.29, 1.82) is 0 Å². The summed E-state index contributed by atoms with van der Waals surface area (Å²) in [6, 6.07) is 16.1. The fraction of sp³-hybridized carbons (Fsp3) is 0.273. The van der Waals surface area contributed by atoms with Crippen LogP contribution in [0.5, 0.6) is 0 Å². The SMILES string of the molecule is Cc1ccccc1Cn1nc2c(c1-c1ccc(Cl)cc1)CCN(C(=O)O)CC2. The number of hydrogen-bond acceptors (Lipinski definition) is 2. The highest BCUT2D eigenvalue weighted by molar-refractivity contribution is 6.30. The zero-order valence-corrected chi connectivity index (χ0v) is 16.5. The lowest BCUT2D eigenvalue weighted by atomic mass is 10.0. The summed E-state index contributed by atoms with van der Waals surface area (Å²) in [7, 11) is 0. The lowest BCUT2D eigenvalue weighted by Gasteiger charge is -2.16. The maximum absolute atomic E-state index is 11.4. The van der Waals surface area contributed by atoms with E-state index in [1.165, 1.54) is 16.0 Å². The van der Waals surface area contributed by atoms with Gasteiger partial charge in [0.05, 0.1) is 17.9 Å². The second kappa shape index (κ2) is 7.68. The summed E-state index contributed by atoms with van der Waals surface area (Å²) in [6.45, 7) is 3.75. The summed E-state index contributed by atoms with van der Waals surface area (Å²) in [6.07, 6.45) is 0.419. The summed E-state index contributed by atoms with van der Waals surface area (Å²) < 4.78 is 2.06. The number of fused-ring (bicyclic) bond motifs is 1. The van der Waals surface area contributed by atoms with E-state index in [2.05, 4.69) is 23.7 Å². The Bertz CT molecular complexity index is 1010. The molecule has 0 saturated heterocycles. The summed E-state index contributed by atoms with van der Waals surface area (Å²) in [4.78, 5) is 12.9. The highest BCUT2D eigenvalue weighted by atomic mass is 35.5. The van der Waals surface area contributed by atoms with E-state index in [-0.39, 0.29) is 0 Å². The van der Waals surface area contributed by atoms with Gasteiger partial charge in [-0.25, -0.2) is 4.79 Å². The van der Waals surface area contributed by atoms with Gasteiger partial charge in [-0.15, -0.1) is 0 Å². The molecule has 2 aromatic carbocycles.